The highest BCUT2D eigenvalue weighted by Gasteiger charge is 2.20. The van der Waals surface area contributed by atoms with Crippen LogP contribution in [0.5, 0.6) is 11.5 Å². The number of carbonyl (C=O) groups is 1. The topological polar surface area (TPSA) is 60.5 Å². The lowest BCUT2D eigenvalue weighted by Crippen LogP contribution is -2.33. The van der Waals surface area contributed by atoms with Crippen molar-refractivity contribution >= 4 is 5.91 Å². The number of rotatable bonds is 9. The van der Waals surface area contributed by atoms with Crippen molar-refractivity contribution in [3.05, 3.63) is 90.3 Å². The van der Waals surface area contributed by atoms with E-state index in [0.717, 1.165) is 22.6 Å². The number of carbonyl (C=O) groups excluding carboxylic acids is 1. The van der Waals surface area contributed by atoms with E-state index in [9.17, 15) is 4.79 Å². The van der Waals surface area contributed by atoms with Gasteiger partial charge in [0.05, 0.1) is 19.6 Å². The summed E-state index contributed by atoms with van der Waals surface area (Å²) in [7, 11) is 1.63. The number of amides is 1. The van der Waals surface area contributed by atoms with Crippen LogP contribution >= 0.6 is 0 Å². The molecule has 1 unspecified atom stereocenters. The third-order valence-corrected chi connectivity index (χ3v) is 4.44. The number of hydrogen-bond acceptors (Lipinski definition) is 4. The predicted octanol–water partition coefficient (Wildman–Crippen LogP) is 3.61. The zero-order valence-corrected chi connectivity index (χ0v) is 15.9. The lowest BCUT2D eigenvalue weighted by Gasteiger charge is -2.17. The third-order valence-electron chi connectivity index (χ3n) is 4.44. The fourth-order valence-electron chi connectivity index (χ4n) is 2.94. The molecule has 0 aliphatic rings. The van der Waals surface area contributed by atoms with Gasteiger partial charge < -0.3 is 14.8 Å². The molecule has 3 aromatic rings. The molecule has 0 aliphatic heterocycles. The fourth-order valence-corrected chi connectivity index (χ4v) is 2.94. The Morgan fingerprint density at radius 1 is 0.964 bits per heavy atom. The summed E-state index contributed by atoms with van der Waals surface area (Å²) < 4.78 is 10.8. The average Bonchev–Trinajstić information content (AvgIpc) is 2.76. The first-order chi connectivity index (χ1) is 13.8. The van der Waals surface area contributed by atoms with Gasteiger partial charge in [0.1, 0.15) is 18.1 Å². The highest BCUT2D eigenvalue weighted by molar-refractivity contribution is 5.84. The zero-order valence-electron chi connectivity index (χ0n) is 15.9. The van der Waals surface area contributed by atoms with Crippen LogP contribution in [0.4, 0.5) is 0 Å². The molecule has 0 bridgehead atoms. The van der Waals surface area contributed by atoms with Crippen LogP contribution in [-0.2, 0) is 11.2 Å². The second-order valence-electron chi connectivity index (χ2n) is 6.34. The first-order valence-electron chi connectivity index (χ1n) is 9.24. The van der Waals surface area contributed by atoms with Crippen LogP contribution in [0.25, 0.3) is 0 Å². The molecule has 1 aromatic heterocycles. The Labute approximate surface area is 165 Å². The molecule has 0 aliphatic carbocycles. The van der Waals surface area contributed by atoms with Gasteiger partial charge in [0.15, 0.2) is 0 Å². The summed E-state index contributed by atoms with van der Waals surface area (Å²) in [6, 6.07) is 21.1. The van der Waals surface area contributed by atoms with Gasteiger partial charge in [-0.25, -0.2) is 0 Å². The Hall–Kier alpha value is -3.34. The standard InChI is InChI=1S/C23H24N2O3/c1-27-20-7-9-21(10-8-20)28-16-15-25-23(26)22(19-5-3-2-4-6-19)17-18-11-13-24-14-12-18/h2-14,22H,15-17H2,1H3,(H,25,26). The Balaban J connectivity index is 1.56. The van der Waals surface area contributed by atoms with Crippen LogP contribution in [0.3, 0.4) is 0 Å². The zero-order chi connectivity index (χ0) is 19.6. The second kappa shape index (κ2) is 10.1. The quantitative estimate of drug-likeness (QED) is 0.580. The maximum Gasteiger partial charge on any atom is 0.227 e. The van der Waals surface area contributed by atoms with Gasteiger partial charge >= 0.3 is 0 Å². The minimum atomic E-state index is -0.260. The van der Waals surface area contributed by atoms with Gasteiger partial charge in [-0.15, -0.1) is 0 Å². The third kappa shape index (κ3) is 5.58. The molecule has 0 radical (unpaired) electrons. The summed E-state index contributed by atoms with van der Waals surface area (Å²) in [4.78, 5) is 16.9. The molecular formula is C23H24N2O3. The number of pyridine rings is 1. The van der Waals surface area contributed by atoms with Crippen LogP contribution in [0.15, 0.2) is 79.1 Å². The Kier molecular flexibility index (Phi) is 7.01. The fraction of sp³-hybridized carbons (Fsp3) is 0.217. The van der Waals surface area contributed by atoms with E-state index in [0.29, 0.717) is 19.6 Å². The van der Waals surface area contributed by atoms with Crippen molar-refractivity contribution in [3.63, 3.8) is 0 Å². The number of aromatic nitrogens is 1. The Morgan fingerprint density at radius 2 is 1.64 bits per heavy atom. The van der Waals surface area contributed by atoms with Gasteiger partial charge in [0, 0.05) is 12.4 Å². The van der Waals surface area contributed by atoms with Crippen molar-refractivity contribution in [1.82, 2.24) is 10.3 Å². The van der Waals surface area contributed by atoms with Crippen LogP contribution in [0, 0.1) is 0 Å². The first kappa shape index (κ1) is 19.4. The molecule has 0 saturated heterocycles. The number of ether oxygens (including phenoxy) is 2. The summed E-state index contributed by atoms with van der Waals surface area (Å²) in [6.07, 6.45) is 4.12. The van der Waals surface area contributed by atoms with Crippen LogP contribution in [0.1, 0.15) is 17.0 Å². The minimum Gasteiger partial charge on any atom is -0.497 e. The van der Waals surface area contributed by atoms with Crippen LogP contribution in [0.2, 0.25) is 0 Å². The molecule has 1 heterocycles. The predicted molar refractivity (Wildman–Crippen MR) is 109 cm³/mol. The number of nitrogens with zero attached hydrogens (tertiary/aromatic N) is 1. The molecule has 3 rings (SSSR count). The normalized spacial score (nSPS) is 11.5. The summed E-state index contributed by atoms with van der Waals surface area (Å²) in [6.45, 7) is 0.833. The summed E-state index contributed by atoms with van der Waals surface area (Å²) in [5.41, 5.74) is 2.07. The van der Waals surface area contributed by atoms with Crippen LogP contribution in [-0.4, -0.2) is 31.2 Å². The Morgan fingerprint density at radius 3 is 2.32 bits per heavy atom. The van der Waals surface area contributed by atoms with Crippen molar-refractivity contribution in [1.29, 1.82) is 0 Å². The first-order valence-corrected chi connectivity index (χ1v) is 9.24. The molecule has 5 nitrogen and oxygen atoms in total. The molecule has 0 spiro atoms. The smallest absolute Gasteiger partial charge is 0.227 e. The molecule has 144 valence electrons. The maximum absolute atomic E-state index is 12.8. The SMILES string of the molecule is COc1ccc(OCCNC(=O)C(Cc2ccncc2)c2ccccc2)cc1. The summed E-state index contributed by atoms with van der Waals surface area (Å²) in [5.74, 6) is 1.25. The van der Waals surface area contributed by atoms with Crippen molar-refractivity contribution < 1.29 is 14.3 Å². The van der Waals surface area contributed by atoms with Crippen molar-refractivity contribution in [2.75, 3.05) is 20.3 Å². The highest BCUT2D eigenvalue weighted by Crippen LogP contribution is 2.21. The highest BCUT2D eigenvalue weighted by atomic mass is 16.5. The van der Waals surface area contributed by atoms with E-state index in [1.165, 1.54) is 0 Å². The lowest BCUT2D eigenvalue weighted by molar-refractivity contribution is -0.122. The average molecular weight is 376 g/mol. The molecular weight excluding hydrogens is 352 g/mol. The number of nitrogens with one attached hydrogen (secondary N) is 1. The van der Waals surface area contributed by atoms with Crippen molar-refractivity contribution in [2.24, 2.45) is 0 Å². The number of benzene rings is 2. The van der Waals surface area contributed by atoms with E-state index in [1.54, 1.807) is 19.5 Å². The van der Waals surface area contributed by atoms with E-state index >= 15 is 0 Å². The molecule has 28 heavy (non-hydrogen) atoms. The van der Waals surface area contributed by atoms with E-state index in [4.69, 9.17) is 9.47 Å². The molecule has 2 aromatic carbocycles. The molecule has 0 saturated carbocycles. The van der Waals surface area contributed by atoms with E-state index in [-0.39, 0.29) is 11.8 Å². The summed E-state index contributed by atoms with van der Waals surface area (Å²) >= 11 is 0. The van der Waals surface area contributed by atoms with Crippen LogP contribution < -0.4 is 14.8 Å². The van der Waals surface area contributed by atoms with Gasteiger partial charge in [-0.05, 0) is 53.9 Å². The van der Waals surface area contributed by atoms with Gasteiger partial charge in [0.25, 0.3) is 0 Å². The minimum absolute atomic E-state index is 0.0126. The van der Waals surface area contributed by atoms with E-state index in [2.05, 4.69) is 10.3 Å². The lowest BCUT2D eigenvalue weighted by atomic mass is 9.91. The molecule has 0 fully saturated rings. The van der Waals surface area contributed by atoms with Crippen molar-refractivity contribution in [3.8, 4) is 11.5 Å². The molecule has 1 N–H and O–H groups in total. The summed E-state index contributed by atoms with van der Waals surface area (Å²) in [5, 5.41) is 2.99. The maximum atomic E-state index is 12.8. The van der Waals surface area contributed by atoms with E-state index < -0.39 is 0 Å². The largest absolute Gasteiger partial charge is 0.497 e. The van der Waals surface area contributed by atoms with Gasteiger partial charge in [-0.2, -0.15) is 0 Å². The molecule has 1 amide bonds. The van der Waals surface area contributed by atoms with E-state index in [1.807, 2.05) is 66.7 Å². The monoisotopic (exact) mass is 376 g/mol. The van der Waals surface area contributed by atoms with Gasteiger partial charge in [-0.1, -0.05) is 30.3 Å². The number of hydrogen-bond donors (Lipinski definition) is 1. The number of methoxy groups -OCH3 is 1. The molecule has 5 heteroatoms. The Bertz CT molecular complexity index is 852. The second-order valence-corrected chi connectivity index (χ2v) is 6.34. The molecule has 1 atom stereocenters. The van der Waals surface area contributed by atoms with Crippen molar-refractivity contribution in [2.45, 2.75) is 12.3 Å². The van der Waals surface area contributed by atoms with Gasteiger partial charge in [0.2, 0.25) is 5.91 Å². The van der Waals surface area contributed by atoms with Gasteiger partial charge in [-0.3, -0.25) is 9.78 Å².